The number of aryl methyl sites for hydroxylation is 1. The van der Waals surface area contributed by atoms with Crippen molar-refractivity contribution in [2.45, 2.75) is 19.5 Å². The summed E-state index contributed by atoms with van der Waals surface area (Å²) in [6, 6.07) is 15.9. The number of carbonyl (C=O) groups is 1. The van der Waals surface area contributed by atoms with Crippen LogP contribution in [0.25, 0.3) is 10.2 Å². The first-order chi connectivity index (χ1) is 14.0. The van der Waals surface area contributed by atoms with Crippen molar-refractivity contribution in [3.05, 3.63) is 76.7 Å². The van der Waals surface area contributed by atoms with Gasteiger partial charge in [0, 0.05) is 11.9 Å². The maximum Gasteiger partial charge on any atom is 0.261 e. The van der Waals surface area contributed by atoms with Crippen molar-refractivity contribution < 1.29 is 9.21 Å². The molecule has 0 saturated carbocycles. The number of nitrogens with one attached hydrogen (secondary N) is 1. The molecule has 0 aliphatic rings. The molecule has 1 amide bonds. The molecule has 0 radical (unpaired) electrons. The zero-order valence-corrected chi connectivity index (χ0v) is 17.6. The van der Waals surface area contributed by atoms with Gasteiger partial charge in [0.05, 0.1) is 29.4 Å². The first-order valence-electron chi connectivity index (χ1n) is 9.52. The molecule has 0 fully saturated rings. The number of rotatable bonds is 7. The fourth-order valence-electron chi connectivity index (χ4n) is 3.38. The molecule has 1 unspecified atom stereocenters. The fraction of sp³-hybridized carbons (Fsp3) is 0.273. The maximum absolute atomic E-state index is 12.8. The van der Waals surface area contributed by atoms with E-state index in [-0.39, 0.29) is 11.9 Å². The third-order valence-electron chi connectivity index (χ3n) is 4.96. The van der Waals surface area contributed by atoms with Crippen LogP contribution in [0.3, 0.4) is 0 Å². The van der Waals surface area contributed by atoms with Crippen LogP contribution in [0.4, 0.5) is 0 Å². The standard InChI is InChI=1S/C22H24N4O2S/c1-15-17-12-20(21(27)23-13-18(25(2)3)19-10-7-11-28-19)29-22(17)26(24-15)14-16-8-5-4-6-9-16/h4-12,18H,13-14H2,1-3H3,(H,23,27). The summed E-state index contributed by atoms with van der Waals surface area (Å²) in [6.07, 6.45) is 1.65. The number of thiophene rings is 1. The lowest BCUT2D eigenvalue weighted by Gasteiger charge is -2.22. The quantitative estimate of drug-likeness (QED) is 0.500. The Morgan fingerprint density at radius 2 is 2.03 bits per heavy atom. The maximum atomic E-state index is 12.8. The number of aromatic nitrogens is 2. The van der Waals surface area contributed by atoms with E-state index in [1.54, 1.807) is 6.26 Å². The number of nitrogens with zero attached hydrogens (tertiary/aromatic N) is 3. The Morgan fingerprint density at radius 1 is 1.24 bits per heavy atom. The van der Waals surface area contributed by atoms with Crippen LogP contribution in [0.15, 0.2) is 59.2 Å². The molecular formula is C22H24N4O2S. The van der Waals surface area contributed by atoms with Crippen molar-refractivity contribution in [1.29, 1.82) is 0 Å². The van der Waals surface area contributed by atoms with Gasteiger partial charge in [-0.2, -0.15) is 5.10 Å². The van der Waals surface area contributed by atoms with E-state index in [1.165, 1.54) is 16.9 Å². The van der Waals surface area contributed by atoms with Crippen molar-refractivity contribution in [3.8, 4) is 0 Å². The lowest BCUT2D eigenvalue weighted by molar-refractivity contribution is 0.0943. The summed E-state index contributed by atoms with van der Waals surface area (Å²) in [5, 5.41) is 8.73. The van der Waals surface area contributed by atoms with Crippen LogP contribution in [0, 0.1) is 6.92 Å². The lowest BCUT2D eigenvalue weighted by Crippen LogP contribution is -2.34. The molecule has 7 heteroatoms. The number of furan rings is 1. The molecule has 3 heterocycles. The second-order valence-corrected chi connectivity index (χ2v) is 8.29. The molecule has 0 saturated heterocycles. The summed E-state index contributed by atoms with van der Waals surface area (Å²) in [5.74, 6) is 0.760. The lowest BCUT2D eigenvalue weighted by atomic mass is 10.2. The summed E-state index contributed by atoms with van der Waals surface area (Å²) in [5.41, 5.74) is 2.12. The summed E-state index contributed by atoms with van der Waals surface area (Å²) < 4.78 is 7.50. The van der Waals surface area contributed by atoms with Crippen LogP contribution in [0.5, 0.6) is 0 Å². The average Bonchev–Trinajstić information content (AvgIpc) is 3.42. The van der Waals surface area contributed by atoms with Gasteiger partial charge in [0.2, 0.25) is 0 Å². The molecule has 6 nitrogen and oxygen atoms in total. The molecule has 4 aromatic rings. The van der Waals surface area contributed by atoms with E-state index < -0.39 is 0 Å². The number of fused-ring (bicyclic) bond motifs is 1. The van der Waals surface area contributed by atoms with Gasteiger partial charge in [-0.25, -0.2) is 0 Å². The molecule has 4 rings (SSSR count). The molecule has 29 heavy (non-hydrogen) atoms. The van der Waals surface area contributed by atoms with Gasteiger partial charge in [0.25, 0.3) is 5.91 Å². The Bertz CT molecular complexity index is 1100. The Morgan fingerprint density at radius 3 is 2.72 bits per heavy atom. The minimum Gasteiger partial charge on any atom is -0.468 e. The first kappa shape index (κ1) is 19.4. The second kappa shape index (κ2) is 8.23. The predicted octanol–water partition coefficient (Wildman–Crippen LogP) is 4.08. The van der Waals surface area contributed by atoms with E-state index in [0.29, 0.717) is 18.0 Å². The zero-order chi connectivity index (χ0) is 20.4. The third kappa shape index (κ3) is 4.11. The largest absolute Gasteiger partial charge is 0.468 e. The van der Waals surface area contributed by atoms with Crippen molar-refractivity contribution >= 4 is 27.5 Å². The third-order valence-corrected chi connectivity index (χ3v) is 6.10. The van der Waals surface area contributed by atoms with Crippen LogP contribution in [-0.4, -0.2) is 41.2 Å². The van der Waals surface area contributed by atoms with Gasteiger partial charge in [-0.05, 0) is 44.8 Å². The number of benzene rings is 1. The van der Waals surface area contributed by atoms with Gasteiger partial charge in [0.1, 0.15) is 10.6 Å². The predicted molar refractivity (Wildman–Crippen MR) is 115 cm³/mol. The van der Waals surface area contributed by atoms with E-state index >= 15 is 0 Å². The molecule has 1 atom stereocenters. The summed E-state index contributed by atoms with van der Waals surface area (Å²) >= 11 is 1.48. The highest BCUT2D eigenvalue weighted by Gasteiger charge is 2.20. The number of carbonyl (C=O) groups excluding carboxylic acids is 1. The fourth-order valence-corrected chi connectivity index (χ4v) is 4.46. The van der Waals surface area contributed by atoms with Crippen LogP contribution >= 0.6 is 11.3 Å². The van der Waals surface area contributed by atoms with Crippen LogP contribution in [0.1, 0.15) is 32.7 Å². The first-order valence-corrected chi connectivity index (χ1v) is 10.3. The average molecular weight is 409 g/mol. The molecule has 0 aliphatic heterocycles. The van der Waals surface area contributed by atoms with Crippen LogP contribution in [0.2, 0.25) is 0 Å². The Hall–Kier alpha value is -2.90. The second-order valence-electron chi connectivity index (χ2n) is 7.26. The SMILES string of the molecule is Cc1nn(Cc2ccccc2)c2sc(C(=O)NCC(c3ccco3)N(C)C)cc12. The van der Waals surface area contributed by atoms with Crippen molar-refractivity contribution in [2.24, 2.45) is 0 Å². The van der Waals surface area contributed by atoms with E-state index in [9.17, 15) is 4.79 Å². The van der Waals surface area contributed by atoms with Gasteiger partial charge in [-0.1, -0.05) is 30.3 Å². The number of hydrogen-bond acceptors (Lipinski definition) is 5. The van der Waals surface area contributed by atoms with E-state index in [1.807, 2.05) is 67.0 Å². The molecule has 0 aliphatic carbocycles. The van der Waals surface area contributed by atoms with Gasteiger partial charge in [-0.15, -0.1) is 11.3 Å². The van der Waals surface area contributed by atoms with Crippen molar-refractivity contribution in [1.82, 2.24) is 20.0 Å². The van der Waals surface area contributed by atoms with Crippen molar-refractivity contribution in [3.63, 3.8) is 0 Å². The highest BCUT2D eigenvalue weighted by molar-refractivity contribution is 7.20. The minimum absolute atomic E-state index is 0.0152. The smallest absolute Gasteiger partial charge is 0.261 e. The van der Waals surface area contributed by atoms with E-state index in [0.717, 1.165) is 21.7 Å². The molecule has 0 bridgehead atoms. The Balaban J connectivity index is 1.52. The number of amides is 1. The molecule has 3 aromatic heterocycles. The van der Waals surface area contributed by atoms with Gasteiger partial charge < -0.3 is 9.73 Å². The molecule has 1 aromatic carbocycles. The van der Waals surface area contributed by atoms with E-state index in [2.05, 4.69) is 22.5 Å². The minimum atomic E-state index is -0.0738. The summed E-state index contributed by atoms with van der Waals surface area (Å²) in [4.78, 5) is 16.6. The highest BCUT2D eigenvalue weighted by atomic mass is 32.1. The van der Waals surface area contributed by atoms with Gasteiger partial charge >= 0.3 is 0 Å². The molecule has 1 N–H and O–H groups in total. The normalized spacial score (nSPS) is 12.6. The molecule has 150 valence electrons. The van der Waals surface area contributed by atoms with Crippen molar-refractivity contribution in [2.75, 3.05) is 20.6 Å². The summed E-state index contributed by atoms with van der Waals surface area (Å²) in [6.45, 7) is 3.15. The monoisotopic (exact) mass is 408 g/mol. The summed E-state index contributed by atoms with van der Waals surface area (Å²) in [7, 11) is 3.95. The number of likely N-dealkylation sites (N-methyl/N-ethyl adjacent to an activating group) is 1. The van der Waals surface area contributed by atoms with Gasteiger partial charge in [0.15, 0.2) is 0 Å². The topological polar surface area (TPSA) is 63.3 Å². The molecule has 0 spiro atoms. The Kier molecular flexibility index (Phi) is 5.51. The van der Waals surface area contributed by atoms with Crippen LogP contribution < -0.4 is 5.32 Å². The zero-order valence-electron chi connectivity index (χ0n) is 16.8. The number of hydrogen-bond donors (Lipinski definition) is 1. The van der Waals surface area contributed by atoms with E-state index in [4.69, 9.17) is 4.42 Å². The molecular weight excluding hydrogens is 384 g/mol. The Labute approximate surface area is 173 Å². The highest BCUT2D eigenvalue weighted by Crippen LogP contribution is 2.29. The van der Waals surface area contributed by atoms with Gasteiger partial charge in [-0.3, -0.25) is 14.4 Å². The van der Waals surface area contributed by atoms with Crippen LogP contribution in [-0.2, 0) is 6.54 Å².